The number of benzene rings is 2. The van der Waals surface area contributed by atoms with Gasteiger partial charge in [-0.05, 0) is 43.2 Å². The van der Waals surface area contributed by atoms with E-state index in [4.69, 9.17) is 5.11 Å². The fourth-order valence-electron chi connectivity index (χ4n) is 2.44. The molecule has 0 aliphatic rings. The minimum atomic E-state index is -1.01. The lowest BCUT2D eigenvalue weighted by atomic mass is 10.1. The van der Waals surface area contributed by atoms with Gasteiger partial charge in [-0.25, -0.2) is 0 Å². The molecular formula is C20H22N2O4S. The molecule has 27 heavy (non-hydrogen) atoms. The third-order valence-corrected chi connectivity index (χ3v) is 4.79. The maximum atomic E-state index is 12.2. The molecule has 0 fully saturated rings. The number of carbonyl (C=O) groups is 3. The Balaban J connectivity index is 1.89. The van der Waals surface area contributed by atoms with Crippen LogP contribution in [0.5, 0.6) is 0 Å². The lowest BCUT2D eigenvalue weighted by molar-refractivity contribution is -0.138. The van der Waals surface area contributed by atoms with Gasteiger partial charge >= 0.3 is 5.97 Å². The zero-order valence-corrected chi connectivity index (χ0v) is 16.1. The molecule has 3 N–H and O–H groups in total. The van der Waals surface area contributed by atoms with Crippen LogP contribution in [-0.2, 0) is 14.4 Å². The molecule has 7 heteroatoms. The first kappa shape index (κ1) is 20.5. The van der Waals surface area contributed by atoms with Crippen LogP contribution in [0.4, 0.5) is 11.4 Å². The van der Waals surface area contributed by atoms with E-state index in [0.29, 0.717) is 5.69 Å². The zero-order chi connectivity index (χ0) is 19.8. The van der Waals surface area contributed by atoms with Crippen molar-refractivity contribution in [3.05, 3.63) is 53.6 Å². The standard InChI is InChI=1S/C20H22N2O4S/c1-13-5-3-6-14(2)20(13)22-18(24)12-27-16-8-4-7-15(11-16)21-17(23)9-10-19(25)26/h3-8,11H,9-10,12H2,1-2H3,(H,21,23)(H,22,24)(H,25,26). The lowest BCUT2D eigenvalue weighted by Crippen LogP contribution is -2.15. The van der Waals surface area contributed by atoms with E-state index in [1.807, 2.05) is 38.1 Å². The molecule has 2 aromatic carbocycles. The third-order valence-electron chi connectivity index (χ3n) is 3.80. The first-order valence-electron chi connectivity index (χ1n) is 8.45. The Morgan fingerprint density at radius 1 is 0.926 bits per heavy atom. The van der Waals surface area contributed by atoms with Crippen LogP contribution in [0.1, 0.15) is 24.0 Å². The Labute approximate surface area is 162 Å². The van der Waals surface area contributed by atoms with Gasteiger partial charge in [-0.1, -0.05) is 24.3 Å². The predicted octanol–water partition coefficient (Wildman–Crippen LogP) is 3.84. The van der Waals surface area contributed by atoms with Gasteiger partial charge in [0.2, 0.25) is 11.8 Å². The van der Waals surface area contributed by atoms with E-state index < -0.39 is 5.97 Å². The summed E-state index contributed by atoms with van der Waals surface area (Å²) >= 11 is 1.36. The zero-order valence-electron chi connectivity index (χ0n) is 15.2. The second-order valence-corrected chi connectivity index (χ2v) is 7.12. The summed E-state index contributed by atoms with van der Waals surface area (Å²) in [6, 6.07) is 13.0. The van der Waals surface area contributed by atoms with Crippen LogP contribution in [0.3, 0.4) is 0 Å². The summed E-state index contributed by atoms with van der Waals surface area (Å²) in [5.74, 6) is -1.23. The van der Waals surface area contributed by atoms with E-state index in [-0.39, 0.29) is 30.4 Å². The van der Waals surface area contributed by atoms with Crippen molar-refractivity contribution in [2.45, 2.75) is 31.6 Å². The number of anilines is 2. The van der Waals surface area contributed by atoms with E-state index in [1.165, 1.54) is 11.8 Å². The molecule has 0 saturated heterocycles. The molecule has 0 radical (unpaired) electrons. The third kappa shape index (κ3) is 6.79. The lowest BCUT2D eigenvalue weighted by Gasteiger charge is -2.11. The van der Waals surface area contributed by atoms with E-state index in [1.54, 1.807) is 18.2 Å². The predicted molar refractivity (Wildman–Crippen MR) is 107 cm³/mol. The van der Waals surface area contributed by atoms with Crippen LogP contribution in [0.25, 0.3) is 0 Å². The van der Waals surface area contributed by atoms with Crippen molar-refractivity contribution in [2.75, 3.05) is 16.4 Å². The minimum absolute atomic E-state index is 0.0785. The second kappa shape index (κ2) is 9.78. The van der Waals surface area contributed by atoms with Gasteiger partial charge in [0.1, 0.15) is 0 Å². The number of carbonyl (C=O) groups excluding carboxylic acids is 2. The fourth-order valence-corrected chi connectivity index (χ4v) is 3.20. The monoisotopic (exact) mass is 386 g/mol. The second-order valence-electron chi connectivity index (χ2n) is 6.07. The first-order valence-corrected chi connectivity index (χ1v) is 9.44. The number of aryl methyl sites for hydroxylation is 2. The summed E-state index contributed by atoms with van der Waals surface area (Å²) in [6.45, 7) is 3.90. The maximum Gasteiger partial charge on any atom is 0.303 e. The molecule has 2 aromatic rings. The topological polar surface area (TPSA) is 95.5 Å². The fraction of sp³-hybridized carbons (Fsp3) is 0.250. The van der Waals surface area contributed by atoms with Gasteiger partial charge in [-0.3, -0.25) is 14.4 Å². The molecule has 142 valence electrons. The molecular weight excluding hydrogens is 364 g/mol. The number of amides is 2. The molecule has 0 aliphatic heterocycles. The summed E-state index contributed by atoms with van der Waals surface area (Å²) in [7, 11) is 0. The van der Waals surface area contributed by atoms with Gasteiger partial charge < -0.3 is 15.7 Å². The van der Waals surface area contributed by atoms with Crippen LogP contribution >= 0.6 is 11.8 Å². The molecule has 0 spiro atoms. The molecule has 0 bridgehead atoms. The quantitative estimate of drug-likeness (QED) is 0.599. The largest absolute Gasteiger partial charge is 0.481 e. The molecule has 0 saturated carbocycles. The first-order chi connectivity index (χ1) is 12.8. The summed E-state index contributed by atoms with van der Waals surface area (Å²) < 4.78 is 0. The van der Waals surface area contributed by atoms with E-state index >= 15 is 0 Å². The van der Waals surface area contributed by atoms with Crippen molar-refractivity contribution in [1.29, 1.82) is 0 Å². The molecule has 0 unspecified atom stereocenters. The Hall–Kier alpha value is -2.80. The van der Waals surface area contributed by atoms with Gasteiger partial charge in [-0.2, -0.15) is 0 Å². The molecule has 0 aliphatic carbocycles. The molecule has 2 amide bonds. The Kier molecular flexibility index (Phi) is 7.43. The molecule has 6 nitrogen and oxygen atoms in total. The highest BCUT2D eigenvalue weighted by molar-refractivity contribution is 8.00. The number of para-hydroxylation sites is 1. The number of thioether (sulfide) groups is 1. The highest BCUT2D eigenvalue weighted by Gasteiger charge is 2.09. The van der Waals surface area contributed by atoms with E-state index in [2.05, 4.69) is 10.6 Å². The summed E-state index contributed by atoms with van der Waals surface area (Å²) in [5.41, 5.74) is 3.44. The minimum Gasteiger partial charge on any atom is -0.481 e. The van der Waals surface area contributed by atoms with Crippen LogP contribution in [-0.4, -0.2) is 28.6 Å². The van der Waals surface area contributed by atoms with Gasteiger partial charge in [-0.15, -0.1) is 11.8 Å². The molecule has 0 atom stereocenters. The van der Waals surface area contributed by atoms with Crippen LogP contribution < -0.4 is 10.6 Å². The van der Waals surface area contributed by atoms with Gasteiger partial charge in [0.25, 0.3) is 0 Å². The van der Waals surface area contributed by atoms with Crippen LogP contribution in [0, 0.1) is 13.8 Å². The number of hydrogen-bond donors (Lipinski definition) is 3. The van der Waals surface area contributed by atoms with E-state index in [9.17, 15) is 14.4 Å². The number of carboxylic acid groups (broad SMARTS) is 1. The number of nitrogens with one attached hydrogen (secondary N) is 2. The highest BCUT2D eigenvalue weighted by Crippen LogP contribution is 2.23. The number of rotatable bonds is 8. The molecule has 2 rings (SSSR count). The highest BCUT2D eigenvalue weighted by atomic mass is 32.2. The van der Waals surface area contributed by atoms with Gasteiger partial charge in [0, 0.05) is 22.7 Å². The van der Waals surface area contributed by atoms with Crippen molar-refractivity contribution < 1.29 is 19.5 Å². The smallest absolute Gasteiger partial charge is 0.303 e. The van der Waals surface area contributed by atoms with Crippen LogP contribution in [0.15, 0.2) is 47.4 Å². The van der Waals surface area contributed by atoms with Crippen molar-refractivity contribution >= 4 is 40.9 Å². The van der Waals surface area contributed by atoms with Crippen molar-refractivity contribution in [1.82, 2.24) is 0 Å². The Morgan fingerprint density at radius 2 is 1.59 bits per heavy atom. The van der Waals surface area contributed by atoms with Gasteiger partial charge in [0.15, 0.2) is 0 Å². The Bertz CT molecular complexity index is 831. The number of carboxylic acids is 1. The Morgan fingerprint density at radius 3 is 2.26 bits per heavy atom. The average Bonchev–Trinajstić information content (AvgIpc) is 2.62. The maximum absolute atomic E-state index is 12.2. The number of hydrogen-bond acceptors (Lipinski definition) is 4. The van der Waals surface area contributed by atoms with Gasteiger partial charge in [0.05, 0.1) is 12.2 Å². The van der Waals surface area contributed by atoms with E-state index in [0.717, 1.165) is 21.7 Å². The normalized spacial score (nSPS) is 10.3. The SMILES string of the molecule is Cc1cccc(C)c1NC(=O)CSc1cccc(NC(=O)CCC(=O)O)c1. The number of aliphatic carboxylic acids is 1. The van der Waals surface area contributed by atoms with Crippen molar-refractivity contribution in [2.24, 2.45) is 0 Å². The van der Waals surface area contributed by atoms with Crippen LogP contribution in [0.2, 0.25) is 0 Å². The van der Waals surface area contributed by atoms with Crippen molar-refractivity contribution in [3.8, 4) is 0 Å². The summed E-state index contributed by atoms with van der Waals surface area (Å²) in [5, 5.41) is 14.2. The average molecular weight is 386 g/mol. The van der Waals surface area contributed by atoms with Crippen molar-refractivity contribution in [3.63, 3.8) is 0 Å². The molecule has 0 heterocycles. The summed E-state index contributed by atoms with van der Waals surface area (Å²) in [6.07, 6.45) is -0.288. The molecule has 0 aromatic heterocycles. The summed E-state index contributed by atoms with van der Waals surface area (Å²) in [4.78, 5) is 35.3.